The van der Waals surface area contributed by atoms with Gasteiger partial charge in [-0.05, 0) is 41.8 Å². The number of aromatic nitrogens is 1. The molecule has 8 nitrogen and oxygen atoms in total. The van der Waals surface area contributed by atoms with E-state index in [0.29, 0.717) is 24.3 Å². The second kappa shape index (κ2) is 11.5. The number of nitrogens with one attached hydrogen (secondary N) is 1. The van der Waals surface area contributed by atoms with Crippen molar-refractivity contribution in [1.29, 1.82) is 0 Å². The Bertz CT molecular complexity index is 1170. The van der Waals surface area contributed by atoms with Gasteiger partial charge in [0.15, 0.2) is 6.29 Å². The van der Waals surface area contributed by atoms with E-state index in [1.54, 1.807) is 18.3 Å². The molecule has 194 valence electrons. The summed E-state index contributed by atoms with van der Waals surface area (Å²) in [6, 6.07) is 18.8. The Morgan fingerprint density at radius 3 is 2.49 bits per heavy atom. The number of pyridine rings is 1. The van der Waals surface area contributed by atoms with E-state index >= 15 is 0 Å². The Balaban J connectivity index is 1.34. The Hall–Kier alpha value is -3.14. The molecule has 0 radical (unpaired) electrons. The van der Waals surface area contributed by atoms with Crippen molar-refractivity contribution in [3.63, 3.8) is 0 Å². The molecular formula is C29H33N3O5. The fourth-order valence-corrected chi connectivity index (χ4v) is 4.98. The van der Waals surface area contributed by atoms with Crippen molar-refractivity contribution in [3.05, 3.63) is 95.3 Å². The number of likely N-dealkylation sites (tertiary alicyclic amines) is 1. The lowest BCUT2D eigenvalue weighted by atomic mass is 9.90. The van der Waals surface area contributed by atoms with Crippen LogP contribution in [0.25, 0.3) is 0 Å². The summed E-state index contributed by atoms with van der Waals surface area (Å²) in [4.78, 5) is 18.7. The number of rotatable bonds is 7. The van der Waals surface area contributed by atoms with Gasteiger partial charge in [-0.1, -0.05) is 43.3 Å². The SMILES string of the molecule is CC1C(CN2CCC(O)C2)OC(c2ccc(NC(=O)c3cccnc3)cc2)OC1c1ccc(CO)cc1. The van der Waals surface area contributed by atoms with Gasteiger partial charge in [-0.2, -0.15) is 0 Å². The Morgan fingerprint density at radius 1 is 1.08 bits per heavy atom. The highest BCUT2D eigenvalue weighted by molar-refractivity contribution is 6.03. The second-order valence-corrected chi connectivity index (χ2v) is 9.84. The van der Waals surface area contributed by atoms with Gasteiger partial charge in [0.2, 0.25) is 0 Å². The molecule has 2 saturated heterocycles. The summed E-state index contributed by atoms with van der Waals surface area (Å²) < 4.78 is 13.0. The zero-order valence-electron chi connectivity index (χ0n) is 20.9. The maximum Gasteiger partial charge on any atom is 0.257 e. The molecule has 3 aromatic rings. The molecule has 2 aliphatic rings. The molecule has 0 aliphatic carbocycles. The van der Waals surface area contributed by atoms with E-state index in [2.05, 4.69) is 22.1 Å². The first-order valence-electron chi connectivity index (χ1n) is 12.7. The van der Waals surface area contributed by atoms with Gasteiger partial charge in [-0.25, -0.2) is 0 Å². The third kappa shape index (κ3) is 6.06. The quantitative estimate of drug-likeness (QED) is 0.452. The number of carbonyl (C=O) groups excluding carboxylic acids is 1. The first-order valence-corrected chi connectivity index (χ1v) is 12.7. The smallest absolute Gasteiger partial charge is 0.257 e. The standard InChI is InChI=1S/C29H33N3O5/c1-19-26(17-32-14-12-25(34)16-32)36-29(37-27(19)21-6-4-20(18-33)5-7-21)22-8-10-24(11-9-22)31-28(35)23-3-2-13-30-15-23/h2-11,13,15,19,25-27,29,33-34H,12,14,16-18H2,1H3,(H,31,35). The Morgan fingerprint density at radius 2 is 1.84 bits per heavy atom. The number of anilines is 1. The number of hydrogen-bond acceptors (Lipinski definition) is 7. The lowest BCUT2D eigenvalue weighted by Crippen LogP contribution is -2.44. The number of aliphatic hydroxyl groups excluding tert-OH is 2. The van der Waals surface area contributed by atoms with Gasteiger partial charge < -0.3 is 25.0 Å². The molecule has 2 fully saturated rings. The average Bonchev–Trinajstić information content (AvgIpc) is 3.35. The summed E-state index contributed by atoms with van der Waals surface area (Å²) in [5, 5.41) is 22.3. The Labute approximate surface area is 216 Å². The fraction of sp³-hybridized carbons (Fsp3) is 0.379. The molecule has 5 rings (SSSR count). The van der Waals surface area contributed by atoms with Gasteiger partial charge in [0, 0.05) is 49.2 Å². The summed E-state index contributed by atoms with van der Waals surface area (Å²) in [5.74, 6) is -0.147. The van der Waals surface area contributed by atoms with Crippen LogP contribution in [-0.2, 0) is 16.1 Å². The molecule has 8 heteroatoms. The van der Waals surface area contributed by atoms with E-state index < -0.39 is 6.29 Å². The molecule has 0 bridgehead atoms. The molecular weight excluding hydrogens is 470 g/mol. The van der Waals surface area contributed by atoms with Gasteiger partial charge in [0.1, 0.15) is 0 Å². The zero-order chi connectivity index (χ0) is 25.8. The zero-order valence-corrected chi connectivity index (χ0v) is 20.9. The third-order valence-corrected chi connectivity index (χ3v) is 7.17. The number of amides is 1. The summed E-state index contributed by atoms with van der Waals surface area (Å²) in [7, 11) is 0. The molecule has 37 heavy (non-hydrogen) atoms. The van der Waals surface area contributed by atoms with Crippen LogP contribution in [0.15, 0.2) is 73.1 Å². The minimum atomic E-state index is -0.584. The number of hydrogen-bond donors (Lipinski definition) is 3. The van der Waals surface area contributed by atoms with Crippen molar-refractivity contribution in [2.45, 2.75) is 44.6 Å². The molecule has 5 unspecified atom stereocenters. The van der Waals surface area contributed by atoms with Crippen LogP contribution in [0.5, 0.6) is 0 Å². The Kier molecular flexibility index (Phi) is 7.93. The minimum absolute atomic E-state index is 0.00330. The van der Waals surface area contributed by atoms with Gasteiger partial charge in [0.25, 0.3) is 5.91 Å². The first kappa shape index (κ1) is 25.5. The number of benzene rings is 2. The van der Waals surface area contributed by atoms with E-state index in [4.69, 9.17) is 9.47 Å². The first-order chi connectivity index (χ1) is 18.0. The maximum atomic E-state index is 12.5. The molecule has 1 aromatic heterocycles. The highest BCUT2D eigenvalue weighted by Gasteiger charge is 2.39. The monoisotopic (exact) mass is 503 g/mol. The van der Waals surface area contributed by atoms with Crippen LogP contribution in [-0.4, -0.2) is 57.8 Å². The van der Waals surface area contributed by atoms with Gasteiger partial charge in [-0.3, -0.25) is 14.7 Å². The largest absolute Gasteiger partial charge is 0.392 e. The van der Waals surface area contributed by atoms with Crippen LogP contribution in [0.2, 0.25) is 0 Å². The summed E-state index contributed by atoms with van der Waals surface area (Å²) in [5.41, 5.74) is 3.90. The maximum absolute atomic E-state index is 12.5. The number of ether oxygens (including phenoxy) is 2. The van der Waals surface area contributed by atoms with E-state index in [9.17, 15) is 15.0 Å². The van der Waals surface area contributed by atoms with Crippen LogP contribution in [0.4, 0.5) is 5.69 Å². The number of carbonyl (C=O) groups is 1. The van der Waals surface area contributed by atoms with Crippen LogP contribution >= 0.6 is 0 Å². The molecule has 2 aliphatic heterocycles. The predicted molar refractivity (Wildman–Crippen MR) is 139 cm³/mol. The van der Waals surface area contributed by atoms with Crippen molar-refractivity contribution in [3.8, 4) is 0 Å². The lowest BCUT2D eigenvalue weighted by Gasteiger charge is -2.42. The molecule has 0 spiro atoms. The van der Waals surface area contributed by atoms with Crippen molar-refractivity contribution < 1.29 is 24.5 Å². The van der Waals surface area contributed by atoms with Gasteiger partial charge in [0.05, 0.1) is 30.5 Å². The number of nitrogens with zero attached hydrogens (tertiary/aromatic N) is 2. The van der Waals surface area contributed by atoms with Crippen LogP contribution in [0, 0.1) is 5.92 Å². The highest BCUT2D eigenvalue weighted by atomic mass is 16.7. The molecule has 1 amide bonds. The van der Waals surface area contributed by atoms with Crippen LogP contribution < -0.4 is 5.32 Å². The topological polar surface area (TPSA) is 104 Å². The molecule has 5 atom stereocenters. The van der Waals surface area contributed by atoms with E-state index in [-0.39, 0.29) is 36.7 Å². The number of β-amino-alcohol motifs (C(OH)–C–C–N with tert-alkyl or cyclic N) is 1. The second-order valence-electron chi connectivity index (χ2n) is 9.84. The van der Waals surface area contributed by atoms with E-state index in [1.165, 1.54) is 6.20 Å². The predicted octanol–water partition coefficient (Wildman–Crippen LogP) is 3.68. The lowest BCUT2D eigenvalue weighted by molar-refractivity contribution is -0.276. The van der Waals surface area contributed by atoms with Gasteiger partial charge >= 0.3 is 0 Å². The summed E-state index contributed by atoms with van der Waals surface area (Å²) in [6.07, 6.45) is 2.76. The highest BCUT2D eigenvalue weighted by Crippen LogP contribution is 2.42. The minimum Gasteiger partial charge on any atom is -0.392 e. The van der Waals surface area contributed by atoms with Crippen molar-refractivity contribution in [2.75, 3.05) is 25.0 Å². The molecule has 2 aromatic carbocycles. The van der Waals surface area contributed by atoms with E-state index in [0.717, 1.165) is 29.7 Å². The van der Waals surface area contributed by atoms with Crippen LogP contribution in [0.1, 0.15) is 52.8 Å². The summed E-state index contributed by atoms with van der Waals surface area (Å²) in [6.45, 7) is 4.34. The molecule has 3 N–H and O–H groups in total. The van der Waals surface area contributed by atoms with E-state index in [1.807, 2.05) is 48.5 Å². The summed E-state index contributed by atoms with van der Waals surface area (Å²) >= 11 is 0. The number of aliphatic hydroxyl groups is 2. The molecule has 0 saturated carbocycles. The average molecular weight is 504 g/mol. The van der Waals surface area contributed by atoms with Gasteiger partial charge in [-0.15, -0.1) is 0 Å². The van der Waals surface area contributed by atoms with Crippen LogP contribution in [0.3, 0.4) is 0 Å². The fourth-order valence-electron chi connectivity index (χ4n) is 4.98. The van der Waals surface area contributed by atoms with Crippen molar-refractivity contribution in [2.24, 2.45) is 5.92 Å². The normalized spacial score (nSPS) is 26.2. The third-order valence-electron chi connectivity index (χ3n) is 7.17. The molecule has 3 heterocycles. The van der Waals surface area contributed by atoms with Crippen molar-refractivity contribution >= 4 is 11.6 Å². The van der Waals surface area contributed by atoms with Crippen molar-refractivity contribution in [1.82, 2.24) is 9.88 Å².